The number of hydrogen-bond acceptors (Lipinski definition) is 4. The highest BCUT2D eigenvalue weighted by atomic mass is 16.5. The molecule has 0 aliphatic carbocycles. The van der Waals surface area contributed by atoms with Crippen molar-refractivity contribution in [2.45, 2.75) is 12.8 Å². The van der Waals surface area contributed by atoms with Crippen molar-refractivity contribution in [1.82, 2.24) is 4.90 Å². The molecule has 1 aromatic rings. The SMILES string of the molecule is COc1ccc(C(=O)CN2CCC(CCO)C2)cc1. The van der Waals surface area contributed by atoms with Crippen LogP contribution in [0.15, 0.2) is 24.3 Å². The molecule has 2 rings (SSSR count). The molecule has 0 amide bonds. The van der Waals surface area contributed by atoms with Crippen LogP contribution >= 0.6 is 0 Å². The summed E-state index contributed by atoms with van der Waals surface area (Å²) in [6.45, 7) is 2.58. The average molecular weight is 263 g/mol. The molecule has 1 aliphatic heterocycles. The van der Waals surface area contributed by atoms with E-state index in [1.807, 2.05) is 24.3 Å². The summed E-state index contributed by atoms with van der Waals surface area (Å²) in [5, 5.41) is 8.92. The van der Waals surface area contributed by atoms with E-state index < -0.39 is 0 Å². The number of rotatable bonds is 6. The first-order valence-corrected chi connectivity index (χ1v) is 6.73. The van der Waals surface area contributed by atoms with Crippen LogP contribution in [-0.4, -0.2) is 49.1 Å². The van der Waals surface area contributed by atoms with Gasteiger partial charge in [0.05, 0.1) is 13.7 Å². The standard InChI is InChI=1S/C15H21NO3/c1-19-14-4-2-13(3-5-14)15(18)11-16-8-6-12(10-16)7-9-17/h2-5,12,17H,6-11H2,1H3. The van der Waals surface area contributed by atoms with Crippen molar-refractivity contribution >= 4 is 5.78 Å². The first kappa shape index (κ1) is 14.0. The van der Waals surface area contributed by atoms with Crippen LogP contribution < -0.4 is 4.74 Å². The first-order valence-electron chi connectivity index (χ1n) is 6.73. The van der Waals surface area contributed by atoms with E-state index in [2.05, 4.69) is 4.90 Å². The number of carbonyl (C=O) groups is 1. The minimum absolute atomic E-state index is 0.146. The summed E-state index contributed by atoms with van der Waals surface area (Å²) in [7, 11) is 1.61. The van der Waals surface area contributed by atoms with Crippen molar-refractivity contribution in [3.8, 4) is 5.75 Å². The highest BCUT2D eigenvalue weighted by Crippen LogP contribution is 2.19. The van der Waals surface area contributed by atoms with E-state index in [-0.39, 0.29) is 12.4 Å². The number of nitrogens with zero attached hydrogens (tertiary/aromatic N) is 1. The van der Waals surface area contributed by atoms with E-state index in [1.54, 1.807) is 7.11 Å². The predicted octanol–water partition coefficient (Wildman–Crippen LogP) is 1.58. The fourth-order valence-corrected chi connectivity index (χ4v) is 2.55. The van der Waals surface area contributed by atoms with Gasteiger partial charge in [-0.1, -0.05) is 0 Å². The van der Waals surface area contributed by atoms with Gasteiger partial charge in [0.25, 0.3) is 0 Å². The van der Waals surface area contributed by atoms with Crippen molar-refractivity contribution in [1.29, 1.82) is 0 Å². The fourth-order valence-electron chi connectivity index (χ4n) is 2.55. The Balaban J connectivity index is 1.87. The third-order valence-corrected chi connectivity index (χ3v) is 3.69. The molecule has 0 aromatic heterocycles. The monoisotopic (exact) mass is 263 g/mol. The Kier molecular flexibility index (Phi) is 4.93. The summed E-state index contributed by atoms with van der Waals surface area (Å²) in [4.78, 5) is 14.3. The predicted molar refractivity (Wildman–Crippen MR) is 73.6 cm³/mol. The van der Waals surface area contributed by atoms with Crippen LogP contribution in [0.1, 0.15) is 23.2 Å². The zero-order valence-corrected chi connectivity index (χ0v) is 11.3. The van der Waals surface area contributed by atoms with Gasteiger partial charge >= 0.3 is 0 Å². The zero-order valence-electron chi connectivity index (χ0n) is 11.3. The number of ketones is 1. The molecule has 1 N–H and O–H groups in total. The Morgan fingerprint density at radius 3 is 2.79 bits per heavy atom. The third kappa shape index (κ3) is 3.78. The van der Waals surface area contributed by atoms with Gasteiger partial charge in [-0.2, -0.15) is 0 Å². The van der Waals surface area contributed by atoms with E-state index in [4.69, 9.17) is 9.84 Å². The molecule has 19 heavy (non-hydrogen) atoms. The van der Waals surface area contributed by atoms with Gasteiger partial charge in [-0.3, -0.25) is 9.69 Å². The summed E-state index contributed by atoms with van der Waals surface area (Å²) >= 11 is 0. The van der Waals surface area contributed by atoms with E-state index in [1.165, 1.54) is 0 Å². The maximum absolute atomic E-state index is 12.1. The van der Waals surface area contributed by atoms with Crippen molar-refractivity contribution in [2.24, 2.45) is 5.92 Å². The number of likely N-dealkylation sites (tertiary alicyclic amines) is 1. The molecule has 0 bridgehead atoms. The number of methoxy groups -OCH3 is 1. The maximum Gasteiger partial charge on any atom is 0.176 e. The molecule has 1 aromatic carbocycles. The Morgan fingerprint density at radius 2 is 2.16 bits per heavy atom. The Morgan fingerprint density at radius 1 is 1.42 bits per heavy atom. The smallest absolute Gasteiger partial charge is 0.176 e. The summed E-state index contributed by atoms with van der Waals surface area (Å²) < 4.78 is 5.08. The van der Waals surface area contributed by atoms with Gasteiger partial charge in [0.15, 0.2) is 5.78 Å². The number of aliphatic hydroxyl groups excluding tert-OH is 1. The van der Waals surface area contributed by atoms with Crippen LogP contribution in [-0.2, 0) is 0 Å². The Bertz CT molecular complexity index is 416. The summed E-state index contributed by atoms with van der Waals surface area (Å²) in [5.41, 5.74) is 0.728. The van der Waals surface area contributed by atoms with Crippen LogP contribution in [0, 0.1) is 5.92 Å². The minimum atomic E-state index is 0.146. The Hall–Kier alpha value is -1.39. The number of benzene rings is 1. The molecule has 1 fully saturated rings. The topological polar surface area (TPSA) is 49.8 Å². The second kappa shape index (κ2) is 6.68. The van der Waals surface area contributed by atoms with Gasteiger partial charge in [-0.15, -0.1) is 0 Å². The lowest BCUT2D eigenvalue weighted by molar-refractivity contribution is 0.0942. The molecule has 1 atom stereocenters. The van der Waals surface area contributed by atoms with Crippen LogP contribution in [0.25, 0.3) is 0 Å². The molecule has 4 heteroatoms. The summed E-state index contributed by atoms with van der Waals surface area (Å²) in [6.07, 6.45) is 1.92. The normalized spacial score (nSPS) is 19.6. The number of aliphatic hydroxyl groups is 1. The number of hydrogen-bond donors (Lipinski definition) is 1. The minimum Gasteiger partial charge on any atom is -0.497 e. The molecular weight excluding hydrogens is 242 g/mol. The second-order valence-electron chi connectivity index (χ2n) is 5.05. The van der Waals surface area contributed by atoms with E-state index in [9.17, 15) is 4.79 Å². The molecule has 4 nitrogen and oxygen atoms in total. The van der Waals surface area contributed by atoms with Crippen LogP contribution in [0.2, 0.25) is 0 Å². The quantitative estimate of drug-likeness (QED) is 0.792. The molecule has 1 heterocycles. The fraction of sp³-hybridized carbons (Fsp3) is 0.533. The molecule has 0 radical (unpaired) electrons. The van der Waals surface area contributed by atoms with E-state index in [0.717, 1.165) is 37.2 Å². The molecule has 0 spiro atoms. The van der Waals surface area contributed by atoms with E-state index >= 15 is 0 Å². The van der Waals surface area contributed by atoms with Crippen LogP contribution in [0.5, 0.6) is 5.75 Å². The molecule has 104 valence electrons. The lowest BCUT2D eigenvalue weighted by Crippen LogP contribution is -2.28. The van der Waals surface area contributed by atoms with Crippen LogP contribution in [0.4, 0.5) is 0 Å². The highest BCUT2D eigenvalue weighted by molar-refractivity contribution is 5.97. The summed E-state index contributed by atoms with van der Waals surface area (Å²) in [5.74, 6) is 1.45. The summed E-state index contributed by atoms with van der Waals surface area (Å²) in [6, 6.07) is 7.24. The lowest BCUT2D eigenvalue weighted by atomic mass is 10.1. The maximum atomic E-state index is 12.1. The van der Waals surface area contributed by atoms with Gasteiger partial charge in [0, 0.05) is 18.7 Å². The zero-order chi connectivity index (χ0) is 13.7. The molecular formula is C15H21NO3. The highest BCUT2D eigenvalue weighted by Gasteiger charge is 2.23. The van der Waals surface area contributed by atoms with Gasteiger partial charge in [-0.05, 0) is 49.6 Å². The van der Waals surface area contributed by atoms with Gasteiger partial charge in [-0.25, -0.2) is 0 Å². The second-order valence-corrected chi connectivity index (χ2v) is 5.05. The molecule has 1 aliphatic rings. The lowest BCUT2D eigenvalue weighted by Gasteiger charge is -2.14. The molecule has 1 unspecified atom stereocenters. The van der Waals surface area contributed by atoms with Crippen molar-refractivity contribution in [3.63, 3.8) is 0 Å². The first-order chi connectivity index (χ1) is 9.22. The van der Waals surface area contributed by atoms with Gasteiger partial charge < -0.3 is 9.84 Å². The molecule has 0 saturated carbocycles. The van der Waals surface area contributed by atoms with Crippen molar-refractivity contribution < 1.29 is 14.6 Å². The number of ether oxygens (including phenoxy) is 1. The van der Waals surface area contributed by atoms with Crippen LogP contribution in [0.3, 0.4) is 0 Å². The van der Waals surface area contributed by atoms with Crippen molar-refractivity contribution in [2.75, 3.05) is 33.4 Å². The van der Waals surface area contributed by atoms with Gasteiger partial charge in [0.1, 0.15) is 5.75 Å². The number of carbonyl (C=O) groups excluding carboxylic acids is 1. The Labute approximate surface area is 114 Å². The van der Waals surface area contributed by atoms with Gasteiger partial charge in [0.2, 0.25) is 0 Å². The number of Topliss-reactive ketones (excluding diaryl/α,β-unsaturated/α-hetero) is 1. The third-order valence-electron chi connectivity index (χ3n) is 3.69. The average Bonchev–Trinajstić information content (AvgIpc) is 2.86. The van der Waals surface area contributed by atoms with Crippen molar-refractivity contribution in [3.05, 3.63) is 29.8 Å². The molecule has 1 saturated heterocycles. The van der Waals surface area contributed by atoms with E-state index in [0.29, 0.717) is 12.5 Å². The largest absolute Gasteiger partial charge is 0.497 e.